The fraction of sp³-hybridized carbons (Fsp3) is 0.455. The Morgan fingerprint density at radius 2 is 2.29 bits per heavy atom. The molecule has 6 heteroatoms. The van der Waals surface area contributed by atoms with Crippen LogP contribution in [0.5, 0.6) is 0 Å². The number of imidazole rings is 1. The molecule has 0 spiro atoms. The van der Waals surface area contributed by atoms with Crippen molar-refractivity contribution in [2.75, 3.05) is 6.54 Å². The van der Waals surface area contributed by atoms with Gasteiger partial charge >= 0.3 is 0 Å². The molecule has 0 bridgehead atoms. The molecule has 1 aliphatic carbocycles. The molecule has 0 unspecified atom stereocenters. The van der Waals surface area contributed by atoms with Crippen LogP contribution in [0.15, 0.2) is 6.33 Å². The van der Waals surface area contributed by atoms with E-state index in [0.717, 1.165) is 0 Å². The molecule has 1 fully saturated rings. The maximum absolute atomic E-state index is 11.6. The summed E-state index contributed by atoms with van der Waals surface area (Å²) in [6, 6.07) is 3.69. The van der Waals surface area contributed by atoms with Gasteiger partial charge < -0.3 is 9.88 Å². The summed E-state index contributed by atoms with van der Waals surface area (Å²) in [7, 11) is 0. The van der Waals surface area contributed by atoms with E-state index in [0.29, 0.717) is 12.5 Å². The lowest BCUT2D eigenvalue weighted by Crippen LogP contribution is -2.29. The van der Waals surface area contributed by atoms with E-state index in [1.165, 1.54) is 23.7 Å². The Kier molecular flexibility index (Phi) is 3.06. The molecule has 17 heavy (non-hydrogen) atoms. The first-order valence-corrected chi connectivity index (χ1v) is 5.36. The van der Waals surface area contributed by atoms with Gasteiger partial charge in [0.05, 0.1) is 6.33 Å². The van der Waals surface area contributed by atoms with Crippen molar-refractivity contribution in [3.63, 3.8) is 0 Å². The van der Waals surface area contributed by atoms with Crippen LogP contribution in [0.25, 0.3) is 0 Å². The predicted molar refractivity (Wildman–Crippen MR) is 57.4 cm³/mol. The number of carbonyl (C=O) groups is 1. The molecule has 0 aliphatic heterocycles. The lowest BCUT2D eigenvalue weighted by Gasteiger charge is -2.05. The third-order valence-corrected chi connectivity index (χ3v) is 2.65. The van der Waals surface area contributed by atoms with E-state index in [1.807, 2.05) is 12.1 Å². The predicted octanol–water partition coefficient (Wildman–Crippen LogP) is 0.153. The average Bonchev–Trinajstić information content (AvgIpc) is 3.08. The van der Waals surface area contributed by atoms with Gasteiger partial charge in [-0.3, -0.25) is 4.79 Å². The minimum Gasteiger partial charge on any atom is -0.354 e. The molecule has 1 saturated carbocycles. The van der Waals surface area contributed by atoms with Crippen molar-refractivity contribution in [2.45, 2.75) is 19.4 Å². The quantitative estimate of drug-likeness (QED) is 0.795. The molecule has 2 rings (SSSR count). The number of hydrogen-bond donors (Lipinski definition) is 1. The van der Waals surface area contributed by atoms with Gasteiger partial charge in [-0.25, -0.2) is 4.98 Å². The molecule has 0 saturated heterocycles. The molecule has 1 aliphatic rings. The topological polar surface area (TPSA) is 94.5 Å². The molecule has 1 amide bonds. The minimum atomic E-state index is -0.157. The Bertz CT molecular complexity index is 515. The summed E-state index contributed by atoms with van der Waals surface area (Å²) < 4.78 is 1.39. The van der Waals surface area contributed by atoms with Gasteiger partial charge in [0.1, 0.15) is 18.7 Å². The van der Waals surface area contributed by atoms with Gasteiger partial charge in [0.2, 0.25) is 5.91 Å². The summed E-state index contributed by atoms with van der Waals surface area (Å²) in [6.45, 7) is 0.727. The number of nitriles is 2. The second-order valence-corrected chi connectivity index (χ2v) is 4.04. The van der Waals surface area contributed by atoms with Crippen LogP contribution in [-0.2, 0) is 11.3 Å². The van der Waals surface area contributed by atoms with Crippen molar-refractivity contribution in [3.8, 4) is 12.1 Å². The summed E-state index contributed by atoms with van der Waals surface area (Å²) >= 11 is 0. The lowest BCUT2D eigenvalue weighted by molar-refractivity contribution is -0.121. The normalized spacial score (nSPS) is 13.8. The molecule has 0 aromatic carbocycles. The van der Waals surface area contributed by atoms with E-state index in [-0.39, 0.29) is 23.8 Å². The number of nitrogens with zero attached hydrogens (tertiary/aromatic N) is 4. The first-order valence-electron chi connectivity index (χ1n) is 5.36. The first kappa shape index (κ1) is 11.2. The van der Waals surface area contributed by atoms with Crippen LogP contribution in [0.2, 0.25) is 0 Å². The van der Waals surface area contributed by atoms with Crippen LogP contribution in [0.3, 0.4) is 0 Å². The number of rotatable bonds is 4. The summed E-state index contributed by atoms with van der Waals surface area (Å²) in [4.78, 5) is 15.3. The van der Waals surface area contributed by atoms with Crippen LogP contribution in [0.1, 0.15) is 24.2 Å². The first-order chi connectivity index (χ1) is 8.24. The highest BCUT2D eigenvalue weighted by Crippen LogP contribution is 2.27. The summed E-state index contributed by atoms with van der Waals surface area (Å²) in [5.74, 6) is 0.460. The maximum Gasteiger partial charge on any atom is 0.240 e. The Morgan fingerprint density at radius 1 is 1.53 bits per heavy atom. The average molecular weight is 229 g/mol. The van der Waals surface area contributed by atoms with Gasteiger partial charge in [-0.15, -0.1) is 0 Å². The van der Waals surface area contributed by atoms with Gasteiger partial charge in [0.15, 0.2) is 11.4 Å². The van der Waals surface area contributed by atoms with Crippen LogP contribution in [0, 0.1) is 28.6 Å². The molecule has 1 aromatic rings. The second-order valence-electron chi connectivity index (χ2n) is 4.04. The Labute approximate surface area is 98.5 Å². The number of hydrogen-bond acceptors (Lipinski definition) is 4. The van der Waals surface area contributed by atoms with Gasteiger partial charge in [-0.1, -0.05) is 0 Å². The van der Waals surface area contributed by atoms with Crippen molar-refractivity contribution >= 4 is 5.91 Å². The summed E-state index contributed by atoms with van der Waals surface area (Å²) in [5.41, 5.74) is 0.191. The van der Waals surface area contributed by atoms with E-state index < -0.39 is 0 Å². The molecule has 1 aromatic heterocycles. The Morgan fingerprint density at radius 3 is 2.88 bits per heavy atom. The SMILES string of the molecule is N#Cc1ncn(CC(=O)NCC2CC2)c1C#N. The number of amides is 1. The molecule has 0 radical (unpaired) electrons. The molecule has 86 valence electrons. The second kappa shape index (κ2) is 4.67. The maximum atomic E-state index is 11.6. The zero-order chi connectivity index (χ0) is 12.3. The van der Waals surface area contributed by atoms with E-state index in [4.69, 9.17) is 10.5 Å². The smallest absolute Gasteiger partial charge is 0.240 e. The third kappa shape index (κ3) is 2.61. The van der Waals surface area contributed by atoms with Crippen molar-refractivity contribution in [2.24, 2.45) is 5.92 Å². The zero-order valence-electron chi connectivity index (χ0n) is 9.18. The van der Waals surface area contributed by atoms with E-state index in [2.05, 4.69) is 10.3 Å². The standard InChI is InChI=1S/C11H11N5O/c12-3-9-10(4-13)16(7-15-9)6-11(17)14-5-8-1-2-8/h7-8H,1-2,5-6H2,(H,14,17). The number of aromatic nitrogens is 2. The highest BCUT2D eigenvalue weighted by molar-refractivity contribution is 5.76. The van der Waals surface area contributed by atoms with Crippen molar-refractivity contribution < 1.29 is 4.79 Å². The molecule has 1 heterocycles. The summed E-state index contributed by atoms with van der Waals surface area (Å²) in [6.07, 6.45) is 3.69. The lowest BCUT2D eigenvalue weighted by atomic mass is 10.3. The summed E-state index contributed by atoms with van der Waals surface area (Å²) in [5, 5.41) is 20.4. The van der Waals surface area contributed by atoms with Crippen LogP contribution < -0.4 is 5.32 Å². The molecular weight excluding hydrogens is 218 g/mol. The fourth-order valence-corrected chi connectivity index (χ4v) is 1.49. The van der Waals surface area contributed by atoms with Gasteiger partial charge in [-0.05, 0) is 18.8 Å². The Balaban J connectivity index is 1.98. The van der Waals surface area contributed by atoms with Crippen LogP contribution in [0.4, 0.5) is 0 Å². The van der Waals surface area contributed by atoms with Gasteiger partial charge in [0.25, 0.3) is 0 Å². The van der Waals surface area contributed by atoms with E-state index >= 15 is 0 Å². The van der Waals surface area contributed by atoms with E-state index in [1.54, 1.807) is 0 Å². The van der Waals surface area contributed by atoms with Gasteiger partial charge in [-0.2, -0.15) is 10.5 Å². The van der Waals surface area contributed by atoms with Gasteiger partial charge in [0, 0.05) is 6.54 Å². The Hall–Kier alpha value is -2.34. The highest BCUT2D eigenvalue weighted by Gasteiger charge is 2.21. The van der Waals surface area contributed by atoms with Crippen LogP contribution in [-0.4, -0.2) is 22.0 Å². The zero-order valence-corrected chi connectivity index (χ0v) is 9.18. The van der Waals surface area contributed by atoms with Crippen LogP contribution >= 0.6 is 0 Å². The van der Waals surface area contributed by atoms with Crippen molar-refractivity contribution in [1.29, 1.82) is 10.5 Å². The highest BCUT2D eigenvalue weighted by atomic mass is 16.1. The van der Waals surface area contributed by atoms with Crippen molar-refractivity contribution in [3.05, 3.63) is 17.7 Å². The number of nitrogens with one attached hydrogen (secondary N) is 1. The molecule has 0 atom stereocenters. The largest absolute Gasteiger partial charge is 0.354 e. The molecule has 1 N–H and O–H groups in total. The van der Waals surface area contributed by atoms with Crippen molar-refractivity contribution in [1.82, 2.24) is 14.9 Å². The fourth-order valence-electron chi connectivity index (χ4n) is 1.49. The third-order valence-electron chi connectivity index (χ3n) is 2.65. The molecule has 6 nitrogen and oxygen atoms in total. The monoisotopic (exact) mass is 229 g/mol. The van der Waals surface area contributed by atoms with E-state index in [9.17, 15) is 4.79 Å². The number of carbonyl (C=O) groups excluding carboxylic acids is 1. The minimum absolute atomic E-state index is 0.0320. The molecular formula is C11H11N5O.